The number of nitrogens with zero attached hydrogens (tertiary/aromatic N) is 1. The molecule has 5 nitrogen and oxygen atoms in total. The van der Waals surface area contributed by atoms with Gasteiger partial charge in [-0.25, -0.2) is 4.98 Å². The molecule has 1 amide bonds. The Balaban J connectivity index is 1.94. The van der Waals surface area contributed by atoms with Crippen LogP contribution in [0.25, 0.3) is 0 Å². The minimum absolute atomic E-state index is 0.0880. The Kier molecular flexibility index (Phi) is 4.90. The fraction of sp³-hybridized carbons (Fsp3) is 0.250. The van der Waals surface area contributed by atoms with Crippen molar-refractivity contribution in [2.75, 3.05) is 11.9 Å². The number of anilines is 1. The van der Waals surface area contributed by atoms with Gasteiger partial charge in [-0.05, 0) is 43.2 Å². The van der Waals surface area contributed by atoms with Crippen molar-refractivity contribution in [1.82, 2.24) is 4.98 Å². The number of aryl methyl sites for hydroxylation is 1. The van der Waals surface area contributed by atoms with Gasteiger partial charge in [0.25, 0.3) is 5.91 Å². The summed E-state index contributed by atoms with van der Waals surface area (Å²) in [4.78, 5) is 15.9. The summed E-state index contributed by atoms with van der Waals surface area (Å²) in [6, 6.07) is 10.8. The summed E-state index contributed by atoms with van der Waals surface area (Å²) in [6.07, 6.45) is 0. The first kappa shape index (κ1) is 15.0. The van der Waals surface area contributed by atoms with Crippen LogP contribution in [0.15, 0.2) is 36.4 Å². The molecule has 0 aliphatic heterocycles. The molecule has 0 saturated heterocycles. The molecule has 21 heavy (non-hydrogen) atoms. The number of carbonyl (C=O) groups is 1. The van der Waals surface area contributed by atoms with E-state index in [9.17, 15) is 4.79 Å². The first-order valence-electron chi connectivity index (χ1n) is 6.66. The molecule has 1 aromatic heterocycles. The van der Waals surface area contributed by atoms with E-state index >= 15 is 0 Å². The molecule has 2 rings (SSSR count). The van der Waals surface area contributed by atoms with Crippen molar-refractivity contribution in [3.8, 4) is 5.75 Å². The molecule has 0 bridgehead atoms. The molecule has 0 unspecified atom stereocenters. The third-order valence-corrected chi connectivity index (χ3v) is 3.15. The minimum atomic E-state index is -0.293. The van der Waals surface area contributed by atoms with Gasteiger partial charge in [0.05, 0.1) is 12.3 Å². The van der Waals surface area contributed by atoms with Crippen LogP contribution in [0.2, 0.25) is 0 Å². The highest BCUT2D eigenvalue weighted by molar-refractivity contribution is 5.90. The Bertz CT molecular complexity index is 641. The van der Waals surface area contributed by atoms with E-state index in [-0.39, 0.29) is 19.1 Å². The van der Waals surface area contributed by atoms with Crippen molar-refractivity contribution in [2.24, 2.45) is 0 Å². The Labute approximate surface area is 123 Å². The molecule has 0 spiro atoms. The van der Waals surface area contributed by atoms with Crippen LogP contribution in [0, 0.1) is 13.8 Å². The van der Waals surface area contributed by atoms with Gasteiger partial charge in [0.1, 0.15) is 11.6 Å². The number of aliphatic hydroxyl groups is 1. The lowest BCUT2D eigenvalue weighted by atomic mass is 10.1. The van der Waals surface area contributed by atoms with Crippen LogP contribution < -0.4 is 10.1 Å². The van der Waals surface area contributed by atoms with Crippen molar-refractivity contribution in [2.45, 2.75) is 20.5 Å². The van der Waals surface area contributed by atoms with E-state index in [4.69, 9.17) is 9.84 Å². The number of pyridine rings is 1. The Morgan fingerprint density at radius 3 is 2.76 bits per heavy atom. The van der Waals surface area contributed by atoms with Crippen LogP contribution in [0.1, 0.15) is 16.8 Å². The topological polar surface area (TPSA) is 71.5 Å². The highest BCUT2D eigenvalue weighted by atomic mass is 16.5. The molecule has 0 aliphatic rings. The molecule has 0 fully saturated rings. The molecule has 0 radical (unpaired) electrons. The van der Waals surface area contributed by atoms with Gasteiger partial charge < -0.3 is 15.2 Å². The van der Waals surface area contributed by atoms with Crippen LogP contribution in [0.3, 0.4) is 0 Å². The van der Waals surface area contributed by atoms with Gasteiger partial charge >= 0.3 is 0 Å². The zero-order chi connectivity index (χ0) is 15.2. The van der Waals surface area contributed by atoms with Crippen LogP contribution in [-0.2, 0) is 11.4 Å². The molecule has 110 valence electrons. The predicted octanol–water partition coefficient (Wildman–Crippen LogP) is 2.21. The third kappa shape index (κ3) is 4.03. The third-order valence-electron chi connectivity index (χ3n) is 3.15. The summed E-state index contributed by atoms with van der Waals surface area (Å²) in [6.45, 7) is 3.69. The predicted molar refractivity (Wildman–Crippen MR) is 80.2 cm³/mol. The lowest BCUT2D eigenvalue weighted by molar-refractivity contribution is -0.118. The summed E-state index contributed by atoms with van der Waals surface area (Å²) in [5.74, 6) is 0.803. The van der Waals surface area contributed by atoms with Gasteiger partial charge in [-0.3, -0.25) is 4.79 Å². The number of hydrogen-bond donors (Lipinski definition) is 2. The number of benzene rings is 1. The zero-order valence-electron chi connectivity index (χ0n) is 12.1. The van der Waals surface area contributed by atoms with E-state index in [1.807, 2.05) is 32.0 Å². The fourth-order valence-corrected chi connectivity index (χ4v) is 1.84. The van der Waals surface area contributed by atoms with Crippen LogP contribution in [-0.4, -0.2) is 22.6 Å². The summed E-state index contributed by atoms with van der Waals surface area (Å²) in [5, 5.41) is 11.6. The molecule has 2 aromatic rings. The molecule has 1 aromatic carbocycles. The van der Waals surface area contributed by atoms with E-state index in [0.717, 1.165) is 11.1 Å². The number of rotatable bonds is 5. The first-order chi connectivity index (χ1) is 10.1. The molecule has 1 heterocycles. The van der Waals surface area contributed by atoms with Crippen molar-refractivity contribution in [1.29, 1.82) is 0 Å². The highest BCUT2D eigenvalue weighted by Crippen LogP contribution is 2.20. The lowest BCUT2D eigenvalue weighted by Crippen LogP contribution is -2.21. The van der Waals surface area contributed by atoms with Crippen molar-refractivity contribution in [3.63, 3.8) is 0 Å². The van der Waals surface area contributed by atoms with Crippen LogP contribution in [0.4, 0.5) is 5.82 Å². The Morgan fingerprint density at radius 2 is 2.00 bits per heavy atom. The Morgan fingerprint density at radius 1 is 1.24 bits per heavy atom. The van der Waals surface area contributed by atoms with Gasteiger partial charge in [0, 0.05) is 0 Å². The van der Waals surface area contributed by atoms with Crippen molar-refractivity contribution < 1.29 is 14.6 Å². The Hall–Kier alpha value is -2.40. The summed E-state index contributed by atoms with van der Waals surface area (Å²) >= 11 is 0. The smallest absolute Gasteiger partial charge is 0.263 e. The number of carbonyl (C=O) groups excluding carboxylic acids is 1. The zero-order valence-corrected chi connectivity index (χ0v) is 12.1. The average molecular weight is 286 g/mol. The second kappa shape index (κ2) is 6.85. The molecule has 0 saturated carbocycles. The average Bonchev–Trinajstić information content (AvgIpc) is 2.49. The van der Waals surface area contributed by atoms with Gasteiger partial charge in [-0.15, -0.1) is 0 Å². The number of nitrogens with one attached hydrogen (secondary N) is 1. The van der Waals surface area contributed by atoms with E-state index in [2.05, 4.69) is 10.3 Å². The minimum Gasteiger partial charge on any atom is -0.483 e. The SMILES string of the molecule is Cc1cccc(OCC(=O)Nc2cccc(CO)n2)c1C. The summed E-state index contributed by atoms with van der Waals surface area (Å²) < 4.78 is 5.52. The van der Waals surface area contributed by atoms with E-state index in [1.165, 1.54) is 0 Å². The van der Waals surface area contributed by atoms with E-state index in [1.54, 1.807) is 18.2 Å². The van der Waals surface area contributed by atoms with Gasteiger partial charge in [0.15, 0.2) is 6.61 Å². The van der Waals surface area contributed by atoms with Gasteiger partial charge in [-0.2, -0.15) is 0 Å². The second-order valence-corrected chi connectivity index (χ2v) is 4.71. The number of aliphatic hydroxyl groups excluding tert-OH is 1. The maximum Gasteiger partial charge on any atom is 0.263 e. The maximum absolute atomic E-state index is 11.8. The molecular weight excluding hydrogens is 268 g/mol. The largest absolute Gasteiger partial charge is 0.483 e. The number of amides is 1. The summed E-state index contributed by atoms with van der Waals surface area (Å²) in [7, 11) is 0. The second-order valence-electron chi connectivity index (χ2n) is 4.71. The van der Waals surface area contributed by atoms with Crippen LogP contribution in [0.5, 0.6) is 5.75 Å². The quantitative estimate of drug-likeness (QED) is 0.884. The van der Waals surface area contributed by atoms with Gasteiger partial charge in [-0.1, -0.05) is 18.2 Å². The van der Waals surface area contributed by atoms with E-state index < -0.39 is 0 Å². The molecule has 2 N–H and O–H groups in total. The molecule has 5 heteroatoms. The normalized spacial score (nSPS) is 10.2. The number of aromatic nitrogens is 1. The highest BCUT2D eigenvalue weighted by Gasteiger charge is 2.07. The van der Waals surface area contributed by atoms with Crippen molar-refractivity contribution >= 4 is 11.7 Å². The molecule has 0 aliphatic carbocycles. The molecular formula is C16H18N2O3. The number of hydrogen-bond acceptors (Lipinski definition) is 4. The lowest BCUT2D eigenvalue weighted by Gasteiger charge is -2.11. The monoisotopic (exact) mass is 286 g/mol. The molecule has 0 atom stereocenters. The summed E-state index contributed by atoms with van der Waals surface area (Å²) in [5.41, 5.74) is 2.64. The van der Waals surface area contributed by atoms with Gasteiger partial charge in [0.2, 0.25) is 0 Å². The number of ether oxygens (including phenoxy) is 1. The first-order valence-corrected chi connectivity index (χ1v) is 6.66. The van der Waals surface area contributed by atoms with Crippen molar-refractivity contribution in [3.05, 3.63) is 53.2 Å². The maximum atomic E-state index is 11.8. The standard InChI is InChI=1S/C16H18N2O3/c1-11-5-3-7-14(12(11)2)21-10-16(20)18-15-8-4-6-13(9-19)17-15/h3-8,19H,9-10H2,1-2H3,(H,17,18,20). The van der Waals surface area contributed by atoms with E-state index in [0.29, 0.717) is 17.3 Å². The van der Waals surface area contributed by atoms with Crippen LogP contribution >= 0.6 is 0 Å². The fourth-order valence-electron chi connectivity index (χ4n) is 1.84.